The lowest BCUT2D eigenvalue weighted by molar-refractivity contribution is -0.124. The van der Waals surface area contributed by atoms with Crippen molar-refractivity contribution in [2.45, 2.75) is 18.7 Å². The van der Waals surface area contributed by atoms with E-state index in [0.717, 1.165) is 0 Å². The Morgan fingerprint density at radius 3 is 2.79 bits per heavy atom. The van der Waals surface area contributed by atoms with Gasteiger partial charge in [0.15, 0.2) is 0 Å². The molecule has 1 fully saturated rings. The lowest BCUT2D eigenvalue weighted by atomic mass is 10.1. The lowest BCUT2D eigenvalue weighted by Gasteiger charge is -2.19. The summed E-state index contributed by atoms with van der Waals surface area (Å²) in [5, 5.41) is 4.51. The number of nitrogens with zero attached hydrogens (tertiary/aromatic N) is 1. The number of carbonyl (C=O) groups excluding carboxylic acids is 3. The molecule has 3 amide bonds. The van der Waals surface area contributed by atoms with E-state index < -0.39 is 23.3 Å². The van der Waals surface area contributed by atoms with Crippen molar-refractivity contribution < 1.29 is 19.1 Å². The summed E-state index contributed by atoms with van der Waals surface area (Å²) in [4.78, 5) is 47.1. The van der Waals surface area contributed by atoms with Gasteiger partial charge < -0.3 is 14.6 Å². The van der Waals surface area contributed by atoms with E-state index in [9.17, 15) is 19.2 Å². The molecule has 2 rings (SSSR count). The zero-order valence-corrected chi connectivity index (χ0v) is 14.2. The first-order chi connectivity index (χ1) is 11.4. The van der Waals surface area contributed by atoms with Crippen molar-refractivity contribution in [2.24, 2.45) is 13.0 Å². The zero-order chi connectivity index (χ0) is 17.7. The third-order valence-corrected chi connectivity index (χ3v) is 4.83. The summed E-state index contributed by atoms with van der Waals surface area (Å²) < 4.78 is 5.99. The van der Waals surface area contributed by atoms with Gasteiger partial charge in [0.1, 0.15) is 0 Å². The number of nitrogens with one attached hydrogen (secondary N) is 2. The Morgan fingerprint density at radius 2 is 2.12 bits per heavy atom. The molecule has 0 aliphatic carbocycles. The molecule has 8 nitrogen and oxygen atoms in total. The van der Waals surface area contributed by atoms with Gasteiger partial charge in [0, 0.05) is 19.3 Å². The quantitative estimate of drug-likeness (QED) is 0.815. The first-order valence-corrected chi connectivity index (χ1v) is 8.54. The number of aryl methyl sites for hydroxylation is 1. The second-order valence-corrected chi connectivity index (χ2v) is 6.49. The van der Waals surface area contributed by atoms with Crippen LogP contribution in [0.25, 0.3) is 0 Å². The van der Waals surface area contributed by atoms with E-state index in [0.29, 0.717) is 17.7 Å². The number of thioether (sulfide) groups is 1. The number of imide groups is 1. The summed E-state index contributed by atoms with van der Waals surface area (Å²) in [5.74, 6) is -0.668. The van der Waals surface area contributed by atoms with Crippen LogP contribution >= 0.6 is 11.8 Å². The molecule has 2 N–H and O–H groups in total. The van der Waals surface area contributed by atoms with Gasteiger partial charge in [0.05, 0.1) is 23.5 Å². The largest absolute Gasteiger partial charge is 0.450 e. The van der Waals surface area contributed by atoms with Crippen LogP contribution in [0.3, 0.4) is 0 Å². The van der Waals surface area contributed by atoms with E-state index in [1.165, 1.54) is 34.7 Å². The number of pyridine rings is 1. The van der Waals surface area contributed by atoms with Crippen molar-refractivity contribution in [3.8, 4) is 0 Å². The molecule has 2 unspecified atom stereocenters. The molecule has 2 heterocycles. The number of hydrogen-bond donors (Lipinski definition) is 2. The maximum absolute atomic E-state index is 12.3. The molecule has 1 aromatic rings. The highest BCUT2D eigenvalue weighted by Crippen LogP contribution is 2.30. The Morgan fingerprint density at radius 1 is 1.38 bits per heavy atom. The number of rotatable bonds is 4. The number of alkyl carbamates (subject to hydrolysis) is 1. The molecule has 24 heavy (non-hydrogen) atoms. The van der Waals surface area contributed by atoms with Gasteiger partial charge in [0.2, 0.25) is 11.5 Å². The Labute approximate surface area is 142 Å². The van der Waals surface area contributed by atoms with E-state index in [-0.39, 0.29) is 18.1 Å². The maximum Gasteiger partial charge on any atom is 0.413 e. The fourth-order valence-electron chi connectivity index (χ4n) is 2.30. The second-order valence-electron chi connectivity index (χ2n) is 5.24. The molecule has 1 aromatic heterocycles. The lowest BCUT2D eigenvalue weighted by Crippen LogP contribution is -2.44. The van der Waals surface area contributed by atoms with Gasteiger partial charge in [0.25, 0.3) is 5.91 Å². The van der Waals surface area contributed by atoms with Gasteiger partial charge in [-0.05, 0) is 25.2 Å². The summed E-state index contributed by atoms with van der Waals surface area (Å²) in [6.07, 6.45) is 1.20. The van der Waals surface area contributed by atoms with Crippen LogP contribution in [0.15, 0.2) is 23.1 Å². The summed E-state index contributed by atoms with van der Waals surface area (Å²) in [7, 11) is 1.55. The van der Waals surface area contributed by atoms with Crippen LogP contribution in [-0.2, 0) is 16.6 Å². The molecule has 2 atom stereocenters. The molecule has 0 saturated carbocycles. The normalized spacial score (nSPS) is 19.6. The monoisotopic (exact) mass is 353 g/mol. The second kappa shape index (κ2) is 8.00. The zero-order valence-electron chi connectivity index (χ0n) is 13.4. The molecule has 130 valence electrons. The van der Waals surface area contributed by atoms with Gasteiger partial charge in [-0.2, -0.15) is 0 Å². The van der Waals surface area contributed by atoms with Crippen molar-refractivity contribution >= 4 is 29.7 Å². The standard InChI is InChI=1S/C15H19N3O5S/c1-3-23-15(22)17-13(21)10-6-7-24-14(10)16-12(20)9-4-5-11(19)18(2)8-9/h4-5,8,10,14H,3,6-7H2,1-2H3,(H,16,20)(H,17,21,22). The molecular weight excluding hydrogens is 334 g/mol. The summed E-state index contributed by atoms with van der Waals surface area (Å²) in [6, 6.07) is 2.74. The average Bonchev–Trinajstić information content (AvgIpc) is 2.98. The molecule has 0 spiro atoms. The number of ether oxygens (including phenoxy) is 1. The van der Waals surface area contributed by atoms with Gasteiger partial charge in [-0.3, -0.25) is 19.7 Å². The minimum atomic E-state index is -0.789. The van der Waals surface area contributed by atoms with Crippen LogP contribution in [0, 0.1) is 5.92 Å². The summed E-state index contributed by atoms with van der Waals surface area (Å²) in [6.45, 7) is 1.82. The highest BCUT2D eigenvalue weighted by molar-refractivity contribution is 8.00. The fourth-order valence-corrected chi connectivity index (χ4v) is 3.63. The summed E-state index contributed by atoms with van der Waals surface area (Å²) in [5.41, 5.74) is 0.114. The van der Waals surface area contributed by atoms with Gasteiger partial charge >= 0.3 is 6.09 Å². The minimum Gasteiger partial charge on any atom is -0.450 e. The predicted molar refractivity (Wildman–Crippen MR) is 88.7 cm³/mol. The van der Waals surface area contributed by atoms with E-state index >= 15 is 0 Å². The predicted octanol–water partition coefficient (Wildman–Crippen LogP) is 0.467. The van der Waals surface area contributed by atoms with Crippen LogP contribution in [0.1, 0.15) is 23.7 Å². The van der Waals surface area contributed by atoms with E-state index in [1.807, 2.05) is 0 Å². The minimum absolute atomic E-state index is 0.172. The van der Waals surface area contributed by atoms with Crippen LogP contribution in [0.2, 0.25) is 0 Å². The van der Waals surface area contributed by atoms with Crippen molar-refractivity contribution in [1.29, 1.82) is 0 Å². The van der Waals surface area contributed by atoms with Crippen LogP contribution < -0.4 is 16.2 Å². The highest BCUT2D eigenvalue weighted by atomic mass is 32.2. The smallest absolute Gasteiger partial charge is 0.413 e. The summed E-state index contributed by atoms with van der Waals surface area (Å²) >= 11 is 1.44. The molecule has 1 aliphatic heterocycles. The molecule has 1 aliphatic rings. The van der Waals surface area contributed by atoms with E-state index in [2.05, 4.69) is 15.4 Å². The third-order valence-electron chi connectivity index (χ3n) is 3.55. The van der Waals surface area contributed by atoms with Crippen molar-refractivity contribution in [3.05, 3.63) is 34.2 Å². The Balaban J connectivity index is 2.01. The molecule has 1 saturated heterocycles. The number of carbonyl (C=O) groups is 3. The first kappa shape index (κ1) is 18.1. The SMILES string of the molecule is CCOC(=O)NC(=O)C1CCSC1NC(=O)c1ccc(=O)n(C)c1. The van der Waals surface area contributed by atoms with Crippen LogP contribution in [0.4, 0.5) is 4.79 Å². The Hall–Kier alpha value is -2.29. The molecule has 0 aromatic carbocycles. The third kappa shape index (κ3) is 4.38. The Kier molecular flexibility index (Phi) is 6.02. The van der Waals surface area contributed by atoms with E-state index in [4.69, 9.17) is 0 Å². The number of hydrogen-bond acceptors (Lipinski definition) is 6. The van der Waals surface area contributed by atoms with Gasteiger partial charge in [-0.25, -0.2) is 4.79 Å². The number of amides is 3. The van der Waals surface area contributed by atoms with Gasteiger partial charge in [-0.1, -0.05) is 0 Å². The van der Waals surface area contributed by atoms with Crippen molar-refractivity contribution in [3.63, 3.8) is 0 Å². The van der Waals surface area contributed by atoms with E-state index in [1.54, 1.807) is 14.0 Å². The van der Waals surface area contributed by atoms with Crippen LogP contribution in [0.5, 0.6) is 0 Å². The fraction of sp³-hybridized carbons (Fsp3) is 0.467. The van der Waals surface area contributed by atoms with Crippen molar-refractivity contribution in [2.75, 3.05) is 12.4 Å². The first-order valence-electron chi connectivity index (χ1n) is 7.49. The Bertz CT molecular complexity index is 703. The number of aromatic nitrogens is 1. The van der Waals surface area contributed by atoms with Gasteiger partial charge in [-0.15, -0.1) is 11.8 Å². The molecule has 9 heteroatoms. The highest BCUT2D eigenvalue weighted by Gasteiger charge is 2.35. The molecular formula is C15H19N3O5S. The maximum atomic E-state index is 12.3. The molecule has 0 radical (unpaired) electrons. The molecule has 0 bridgehead atoms. The average molecular weight is 353 g/mol. The van der Waals surface area contributed by atoms with Crippen LogP contribution in [-0.4, -0.2) is 40.2 Å². The topological polar surface area (TPSA) is 106 Å². The van der Waals surface area contributed by atoms with Crippen molar-refractivity contribution in [1.82, 2.24) is 15.2 Å².